The molecule has 190 valence electrons. The van der Waals surface area contributed by atoms with E-state index in [0.717, 1.165) is 30.8 Å². The lowest BCUT2D eigenvalue weighted by Crippen LogP contribution is -2.34. The number of hydrogen-bond donors (Lipinski definition) is 0. The number of halogens is 5. The highest BCUT2D eigenvalue weighted by Crippen LogP contribution is 2.33. The van der Waals surface area contributed by atoms with Gasteiger partial charge >= 0.3 is 11.9 Å². The van der Waals surface area contributed by atoms with Crippen LogP contribution in [0.2, 0.25) is 0 Å². The largest absolute Gasteiger partial charge is 0.473 e. The number of alkyl halides is 3. The molecule has 1 saturated heterocycles. The number of anilines is 1. The number of fused-ring (bicyclic) bond motifs is 3. The lowest BCUT2D eigenvalue weighted by molar-refractivity contribution is -0.141. The van der Waals surface area contributed by atoms with Gasteiger partial charge in [-0.3, -0.25) is 9.55 Å². The second-order valence-corrected chi connectivity index (χ2v) is 8.28. The van der Waals surface area contributed by atoms with Crippen molar-refractivity contribution in [2.24, 2.45) is 0 Å². The van der Waals surface area contributed by atoms with Crippen LogP contribution in [0.4, 0.5) is 27.8 Å². The third kappa shape index (κ3) is 4.83. The molecule has 8 nitrogen and oxygen atoms in total. The zero-order valence-corrected chi connectivity index (χ0v) is 18.6. The Morgan fingerprint density at radius 2 is 1.92 bits per heavy atom. The quantitative estimate of drug-likeness (QED) is 0.482. The van der Waals surface area contributed by atoms with Crippen molar-refractivity contribution in [1.82, 2.24) is 14.5 Å². The first-order valence-electron chi connectivity index (χ1n) is 11.0. The smallest absolute Gasteiger partial charge is 0.433 e. The van der Waals surface area contributed by atoms with E-state index in [1.807, 2.05) is 0 Å². The van der Waals surface area contributed by atoms with Gasteiger partial charge in [0.25, 0.3) is 0 Å². The molecule has 0 radical (unpaired) electrons. The monoisotopic (exact) mass is 510 g/mol. The lowest BCUT2D eigenvalue weighted by atomic mass is 10.2. The van der Waals surface area contributed by atoms with Gasteiger partial charge in [0.15, 0.2) is 17.4 Å². The molecule has 1 aromatic carbocycles. The van der Waals surface area contributed by atoms with E-state index in [1.165, 1.54) is 4.57 Å². The summed E-state index contributed by atoms with van der Waals surface area (Å²) in [4.78, 5) is 21.6. The first kappa shape index (κ1) is 24.0. The number of ether oxygens (including phenoxy) is 3. The van der Waals surface area contributed by atoms with Crippen LogP contribution in [-0.2, 0) is 24.1 Å². The maximum atomic E-state index is 14.6. The Kier molecular flexibility index (Phi) is 6.24. The van der Waals surface area contributed by atoms with Gasteiger partial charge in [0.05, 0.1) is 19.2 Å². The predicted molar refractivity (Wildman–Crippen MR) is 115 cm³/mol. The molecule has 1 atom stereocenters. The van der Waals surface area contributed by atoms with Crippen LogP contribution in [0.15, 0.2) is 41.3 Å². The van der Waals surface area contributed by atoms with Gasteiger partial charge in [-0.05, 0) is 30.2 Å². The van der Waals surface area contributed by atoms with Crippen molar-refractivity contribution < 1.29 is 36.2 Å². The van der Waals surface area contributed by atoms with Crippen molar-refractivity contribution >= 4 is 5.82 Å². The lowest BCUT2D eigenvalue weighted by Gasteiger charge is -2.22. The normalized spacial score (nSPS) is 17.4. The molecule has 0 bridgehead atoms. The summed E-state index contributed by atoms with van der Waals surface area (Å²) in [7, 11) is 0. The van der Waals surface area contributed by atoms with Crippen molar-refractivity contribution in [3.8, 4) is 17.4 Å². The van der Waals surface area contributed by atoms with Gasteiger partial charge in [0, 0.05) is 31.5 Å². The minimum absolute atomic E-state index is 0.00493. The van der Waals surface area contributed by atoms with E-state index < -0.39 is 40.7 Å². The van der Waals surface area contributed by atoms with Gasteiger partial charge in [-0.15, -0.1) is 0 Å². The fourth-order valence-electron chi connectivity index (χ4n) is 4.15. The van der Waals surface area contributed by atoms with Crippen LogP contribution < -0.4 is 20.1 Å². The van der Waals surface area contributed by atoms with Gasteiger partial charge in [-0.25, -0.2) is 13.6 Å². The third-order valence-electron chi connectivity index (χ3n) is 5.78. The van der Waals surface area contributed by atoms with Crippen LogP contribution in [0.5, 0.6) is 17.4 Å². The zero-order chi connectivity index (χ0) is 25.4. The minimum atomic E-state index is -4.74. The number of aromatic nitrogens is 3. The molecule has 2 aliphatic heterocycles. The molecule has 13 heteroatoms. The Morgan fingerprint density at radius 3 is 2.67 bits per heavy atom. The first-order valence-corrected chi connectivity index (χ1v) is 11.0. The molecule has 0 spiro atoms. The number of pyridine rings is 1. The van der Waals surface area contributed by atoms with Crippen LogP contribution in [0.25, 0.3) is 0 Å². The second kappa shape index (κ2) is 9.37. The average molecular weight is 510 g/mol. The molecule has 0 aliphatic carbocycles. The van der Waals surface area contributed by atoms with Crippen molar-refractivity contribution in [3.05, 3.63) is 69.9 Å². The molecule has 0 N–H and O–H groups in total. The maximum Gasteiger partial charge on any atom is 0.433 e. The Balaban J connectivity index is 1.31. The molecule has 0 saturated carbocycles. The molecule has 36 heavy (non-hydrogen) atoms. The first-order chi connectivity index (χ1) is 17.2. The van der Waals surface area contributed by atoms with Crippen LogP contribution in [0.1, 0.15) is 17.7 Å². The Hall–Kier alpha value is -3.74. The second-order valence-electron chi connectivity index (χ2n) is 8.28. The van der Waals surface area contributed by atoms with Gasteiger partial charge < -0.3 is 19.1 Å². The molecule has 5 rings (SSSR count). The Morgan fingerprint density at radius 1 is 1.14 bits per heavy atom. The van der Waals surface area contributed by atoms with E-state index in [-0.39, 0.29) is 24.1 Å². The standard InChI is InChI=1S/C23H19F5N4O4/c24-16-6-13(7-17(25)21(16)36-15-2-3-29-18(8-15)23(26,27)28)11-35-19-9-20-31-4-1-5-34-12-14(31)10-32(20)22(33)30-19/h2-3,6-9,14H,1,4-5,10-12H2/t14-/m0/s1. The van der Waals surface area contributed by atoms with Gasteiger partial charge in [-0.2, -0.15) is 18.2 Å². The van der Waals surface area contributed by atoms with Crippen LogP contribution >= 0.6 is 0 Å². The highest BCUT2D eigenvalue weighted by atomic mass is 19.4. The van der Waals surface area contributed by atoms with E-state index in [9.17, 15) is 26.7 Å². The van der Waals surface area contributed by atoms with E-state index in [2.05, 4.69) is 14.9 Å². The average Bonchev–Trinajstić information content (AvgIpc) is 3.01. The molecular weight excluding hydrogens is 491 g/mol. The summed E-state index contributed by atoms with van der Waals surface area (Å²) in [6, 6.07) is 5.04. The highest BCUT2D eigenvalue weighted by molar-refractivity contribution is 5.47. The van der Waals surface area contributed by atoms with Crippen molar-refractivity contribution in [2.75, 3.05) is 24.7 Å². The molecule has 3 aromatic rings. The summed E-state index contributed by atoms with van der Waals surface area (Å²) >= 11 is 0. The van der Waals surface area contributed by atoms with Crippen molar-refractivity contribution in [2.45, 2.75) is 31.8 Å². The summed E-state index contributed by atoms with van der Waals surface area (Å²) in [5, 5.41) is 0. The van der Waals surface area contributed by atoms with Crippen LogP contribution in [0.3, 0.4) is 0 Å². The minimum Gasteiger partial charge on any atom is -0.473 e. The maximum absolute atomic E-state index is 14.6. The molecule has 1 fully saturated rings. The van der Waals surface area contributed by atoms with Crippen molar-refractivity contribution in [3.63, 3.8) is 0 Å². The van der Waals surface area contributed by atoms with Gasteiger partial charge in [0.2, 0.25) is 5.88 Å². The SMILES string of the molecule is O=c1nc(OCc2cc(F)c(Oc3ccnc(C(F)(F)F)c3)c(F)c2)cc2n1C[C@H]1COCCCN21. The molecule has 0 amide bonds. The molecule has 2 aliphatic rings. The Labute approximate surface area is 200 Å². The predicted octanol–water partition coefficient (Wildman–Crippen LogP) is 3.92. The fraction of sp³-hybridized carbons (Fsp3) is 0.348. The van der Waals surface area contributed by atoms with Gasteiger partial charge in [0.1, 0.15) is 23.9 Å². The van der Waals surface area contributed by atoms with Crippen LogP contribution in [-0.4, -0.2) is 40.3 Å². The third-order valence-corrected chi connectivity index (χ3v) is 5.78. The van der Waals surface area contributed by atoms with Crippen molar-refractivity contribution in [1.29, 1.82) is 0 Å². The molecule has 4 heterocycles. The number of benzene rings is 1. The van der Waals surface area contributed by atoms with E-state index in [1.54, 1.807) is 6.07 Å². The van der Waals surface area contributed by atoms with E-state index in [0.29, 0.717) is 38.2 Å². The fourth-order valence-corrected chi connectivity index (χ4v) is 4.15. The van der Waals surface area contributed by atoms with E-state index in [4.69, 9.17) is 14.2 Å². The van der Waals surface area contributed by atoms with E-state index >= 15 is 0 Å². The topological polar surface area (TPSA) is 78.7 Å². The zero-order valence-electron chi connectivity index (χ0n) is 18.6. The number of hydrogen-bond acceptors (Lipinski definition) is 7. The molecule has 2 aromatic heterocycles. The highest BCUT2D eigenvalue weighted by Gasteiger charge is 2.33. The molecular formula is C23H19F5N4O4. The summed E-state index contributed by atoms with van der Waals surface area (Å²) in [6.07, 6.45) is -3.12. The summed E-state index contributed by atoms with van der Waals surface area (Å²) < 4.78 is 85.3. The summed E-state index contributed by atoms with van der Waals surface area (Å²) in [5.74, 6) is -2.96. The molecule has 0 unspecified atom stereocenters. The number of rotatable bonds is 5. The number of nitrogens with zero attached hydrogens (tertiary/aromatic N) is 4. The summed E-state index contributed by atoms with van der Waals surface area (Å²) in [6.45, 7) is 1.95. The Bertz CT molecular complexity index is 1320. The van der Waals surface area contributed by atoms with Gasteiger partial charge in [-0.1, -0.05) is 0 Å². The summed E-state index contributed by atoms with van der Waals surface area (Å²) in [5.41, 5.74) is -1.71. The van der Waals surface area contributed by atoms with Crippen LogP contribution in [0, 0.1) is 11.6 Å².